The van der Waals surface area contributed by atoms with Crippen molar-refractivity contribution in [3.8, 4) is 28.1 Å². The number of rotatable bonds is 13. The average molecular weight is 994 g/mol. The zero-order valence-corrected chi connectivity index (χ0v) is 39.0. The van der Waals surface area contributed by atoms with Gasteiger partial charge in [0, 0.05) is 81.1 Å². The number of amides is 5. The van der Waals surface area contributed by atoms with Gasteiger partial charge in [0.05, 0.1) is 45.6 Å². The standard InChI is InChI=1S/C48H46F3N11O8S/c1-25(27-6-9-30(49)10-7-27)70-37-19-28(8-11-34(37)57-71(68,69)48(50)51)42-41-43(58(2)56-42)33(21-53-44(41)52)29-20-54-61(24-29)31-14-16-59(17-15-31)39(64)18-26-22-60(23-26)35-5-3-4-32-40(35)47(67)62(46(32)66)36-12-13-38(63)55-45(36)65/h3-11,19-21,24-26,31,36,48,57H,12-18,22-23H2,1-2H3,(H2,52,53)(H,55,63,65)/t25-,36?/m0/s1. The second kappa shape index (κ2) is 18.2. The van der Waals surface area contributed by atoms with Gasteiger partial charge in [0.15, 0.2) is 0 Å². The molecule has 0 saturated carbocycles. The molecule has 7 heterocycles. The first-order valence-corrected chi connectivity index (χ1v) is 24.4. The molecule has 10 rings (SSSR count). The molecule has 3 fully saturated rings. The molecule has 368 valence electrons. The molecule has 4 aliphatic heterocycles. The summed E-state index contributed by atoms with van der Waals surface area (Å²) in [5.41, 5.74) is 10.5. The SMILES string of the molecule is C[C@H](Oc1cc(-c2nn(C)c3c(-c4cnn(C5CCN(C(=O)CC6CN(c7cccc8c7C(=O)N(C7CCC(=O)NC7=O)C8=O)C6)CC5)c4)cnc(N)c23)ccc1NS(=O)(=O)C(F)F)c1ccc(F)cc1. The van der Waals surface area contributed by atoms with Crippen LogP contribution in [0.1, 0.15) is 77.5 Å². The lowest BCUT2D eigenvalue weighted by Crippen LogP contribution is -2.54. The van der Waals surface area contributed by atoms with Crippen LogP contribution in [0.2, 0.25) is 0 Å². The molecule has 23 heteroatoms. The van der Waals surface area contributed by atoms with E-state index in [4.69, 9.17) is 20.7 Å². The van der Waals surface area contributed by atoms with Crippen molar-refractivity contribution in [1.82, 2.24) is 39.7 Å². The third kappa shape index (κ3) is 8.67. The molecule has 6 aromatic rings. The van der Waals surface area contributed by atoms with Gasteiger partial charge in [-0.15, -0.1) is 0 Å². The minimum atomic E-state index is -5.09. The van der Waals surface area contributed by atoms with E-state index in [0.717, 1.165) is 10.5 Å². The second-order valence-electron chi connectivity index (χ2n) is 18.1. The third-order valence-corrected chi connectivity index (χ3v) is 14.6. The van der Waals surface area contributed by atoms with E-state index in [-0.39, 0.29) is 59.1 Å². The van der Waals surface area contributed by atoms with Crippen LogP contribution < -0.4 is 25.4 Å². The van der Waals surface area contributed by atoms with E-state index in [0.29, 0.717) is 84.4 Å². The lowest BCUT2D eigenvalue weighted by Gasteiger charge is -2.42. The van der Waals surface area contributed by atoms with Gasteiger partial charge in [0.25, 0.3) is 21.8 Å². The highest BCUT2D eigenvalue weighted by molar-refractivity contribution is 7.93. The molecule has 3 aromatic carbocycles. The molecule has 0 bridgehead atoms. The Kier molecular flexibility index (Phi) is 12.0. The number of aryl methyl sites for hydroxylation is 1. The summed E-state index contributed by atoms with van der Waals surface area (Å²) >= 11 is 0. The van der Waals surface area contributed by atoms with Crippen molar-refractivity contribution in [2.75, 3.05) is 41.5 Å². The highest BCUT2D eigenvalue weighted by Crippen LogP contribution is 2.42. The van der Waals surface area contributed by atoms with Gasteiger partial charge in [-0.25, -0.2) is 17.8 Å². The van der Waals surface area contributed by atoms with E-state index in [9.17, 15) is 45.6 Å². The Morgan fingerprint density at radius 1 is 0.958 bits per heavy atom. The quantitative estimate of drug-likeness (QED) is 0.123. The highest BCUT2D eigenvalue weighted by Gasteiger charge is 2.47. The number of anilines is 3. The average Bonchev–Trinajstić information content (AvgIpc) is 4.03. The number of nitrogens with one attached hydrogen (secondary N) is 2. The molecule has 2 atom stereocenters. The van der Waals surface area contributed by atoms with Crippen molar-refractivity contribution < 1.29 is 50.3 Å². The number of nitrogen functional groups attached to an aromatic ring is 1. The number of benzene rings is 3. The summed E-state index contributed by atoms with van der Waals surface area (Å²) in [5, 5.41) is 12.1. The number of carbonyl (C=O) groups excluding carboxylic acids is 5. The molecule has 4 N–H and O–H groups in total. The van der Waals surface area contributed by atoms with Crippen LogP contribution in [0.4, 0.5) is 30.4 Å². The van der Waals surface area contributed by atoms with E-state index < -0.39 is 57.4 Å². The number of hydrogen-bond acceptors (Lipinski definition) is 13. The minimum absolute atomic E-state index is 0.0109. The first-order valence-electron chi connectivity index (χ1n) is 22.8. The molecule has 19 nitrogen and oxygen atoms in total. The van der Waals surface area contributed by atoms with Crippen molar-refractivity contribution in [2.45, 2.75) is 63.0 Å². The number of likely N-dealkylation sites (tertiary alicyclic amines) is 1. The second-order valence-corrected chi connectivity index (χ2v) is 19.8. The van der Waals surface area contributed by atoms with Crippen molar-refractivity contribution in [2.24, 2.45) is 13.0 Å². The largest absolute Gasteiger partial charge is 0.484 e. The van der Waals surface area contributed by atoms with Gasteiger partial charge in [-0.1, -0.05) is 24.3 Å². The number of nitrogens with two attached hydrogens (primary N) is 1. The van der Waals surface area contributed by atoms with Gasteiger partial charge in [0.2, 0.25) is 17.7 Å². The lowest BCUT2D eigenvalue weighted by atomic mass is 9.92. The summed E-state index contributed by atoms with van der Waals surface area (Å²) in [4.78, 5) is 74.1. The van der Waals surface area contributed by atoms with Gasteiger partial charge in [-0.05, 0) is 68.1 Å². The smallest absolute Gasteiger partial charge is 0.355 e. The lowest BCUT2D eigenvalue weighted by molar-refractivity contribution is -0.136. The monoisotopic (exact) mass is 993 g/mol. The van der Waals surface area contributed by atoms with Crippen LogP contribution in [0.5, 0.6) is 5.75 Å². The van der Waals surface area contributed by atoms with E-state index in [1.54, 1.807) is 49.2 Å². The summed E-state index contributed by atoms with van der Waals surface area (Å²) in [6.07, 6.45) is 6.18. The molecule has 3 saturated heterocycles. The van der Waals surface area contributed by atoms with Crippen molar-refractivity contribution in [3.05, 3.63) is 102 Å². The zero-order chi connectivity index (χ0) is 50.0. The van der Waals surface area contributed by atoms with Crippen LogP contribution in [0, 0.1) is 11.7 Å². The van der Waals surface area contributed by atoms with Crippen LogP contribution >= 0.6 is 0 Å². The summed E-state index contributed by atoms with van der Waals surface area (Å²) < 4.78 is 76.7. The fraction of sp³-hybridized carbons (Fsp3) is 0.333. The van der Waals surface area contributed by atoms with Crippen molar-refractivity contribution in [3.63, 3.8) is 0 Å². The molecule has 3 aromatic heterocycles. The number of alkyl halides is 2. The van der Waals surface area contributed by atoms with Gasteiger partial charge in [-0.3, -0.25) is 48.3 Å². The molecular formula is C48H46F3N11O8S. The molecule has 4 aliphatic rings. The Hall–Kier alpha value is -7.82. The molecule has 1 unspecified atom stereocenters. The maximum atomic E-state index is 13.7. The minimum Gasteiger partial charge on any atom is -0.484 e. The highest BCUT2D eigenvalue weighted by atomic mass is 32.2. The van der Waals surface area contributed by atoms with Crippen LogP contribution in [0.15, 0.2) is 79.3 Å². The maximum Gasteiger partial charge on any atom is 0.355 e. The first kappa shape index (κ1) is 46.9. The Bertz CT molecular complexity index is 3280. The predicted octanol–water partition coefficient (Wildman–Crippen LogP) is 5.42. The summed E-state index contributed by atoms with van der Waals surface area (Å²) in [5.74, 6) is -6.35. The van der Waals surface area contributed by atoms with Crippen molar-refractivity contribution in [1.29, 1.82) is 0 Å². The number of halogens is 3. The normalized spacial score (nSPS) is 18.3. The number of sulfonamides is 1. The number of aromatic nitrogens is 5. The fourth-order valence-electron chi connectivity index (χ4n) is 9.88. The van der Waals surface area contributed by atoms with Crippen LogP contribution in [-0.2, 0) is 31.5 Å². The number of hydrogen-bond donors (Lipinski definition) is 3. The number of imide groups is 2. The molecule has 5 amide bonds. The number of piperidine rings is 2. The predicted molar refractivity (Wildman–Crippen MR) is 252 cm³/mol. The van der Waals surface area contributed by atoms with E-state index >= 15 is 0 Å². The summed E-state index contributed by atoms with van der Waals surface area (Å²) in [6.45, 7) is 3.69. The van der Waals surface area contributed by atoms with Crippen molar-refractivity contribution >= 4 is 67.7 Å². The molecule has 0 aliphatic carbocycles. The van der Waals surface area contributed by atoms with Crippen LogP contribution in [0.25, 0.3) is 33.3 Å². The number of nitrogens with zero attached hydrogens (tertiary/aromatic N) is 8. The maximum absolute atomic E-state index is 13.7. The Morgan fingerprint density at radius 2 is 1.70 bits per heavy atom. The van der Waals surface area contributed by atoms with E-state index in [2.05, 4.69) is 10.3 Å². The van der Waals surface area contributed by atoms with Crippen LogP contribution in [0.3, 0.4) is 0 Å². The van der Waals surface area contributed by atoms with E-state index in [1.165, 1.54) is 42.5 Å². The zero-order valence-electron chi connectivity index (χ0n) is 38.2. The molecular weight excluding hydrogens is 948 g/mol. The number of pyridine rings is 1. The Labute approximate surface area is 403 Å². The van der Waals surface area contributed by atoms with Gasteiger partial charge in [0.1, 0.15) is 35.2 Å². The number of fused-ring (bicyclic) bond motifs is 2. The summed E-state index contributed by atoms with van der Waals surface area (Å²) in [6, 6.07) is 13.6. The Morgan fingerprint density at radius 3 is 2.42 bits per heavy atom. The van der Waals surface area contributed by atoms with Crippen LogP contribution in [-0.4, -0.2) is 110 Å². The number of ether oxygens (including phenoxy) is 1. The molecule has 0 radical (unpaired) electrons. The van der Waals surface area contributed by atoms with Gasteiger partial charge >= 0.3 is 5.76 Å². The fourth-order valence-corrected chi connectivity index (χ4v) is 10.4. The molecule has 0 spiro atoms. The summed E-state index contributed by atoms with van der Waals surface area (Å²) in [7, 11) is -3.36. The van der Waals surface area contributed by atoms with E-state index in [1.807, 2.05) is 25.4 Å². The molecule has 71 heavy (non-hydrogen) atoms. The third-order valence-electron chi connectivity index (χ3n) is 13.6. The first-order chi connectivity index (χ1) is 33.9. The van der Waals surface area contributed by atoms with Gasteiger partial charge in [-0.2, -0.15) is 19.0 Å². The topological polar surface area (TPSA) is 237 Å². The Balaban J connectivity index is 0.800. The number of carbonyl (C=O) groups is 5. The van der Waals surface area contributed by atoms with Gasteiger partial charge < -0.3 is 20.3 Å².